The van der Waals surface area contributed by atoms with Crippen LogP contribution in [0.4, 0.5) is 0 Å². The molecule has 2 aromatic rings. The topological polar surface area (TPSA) is 52.6 Å². The molecule has 0 N–H and O–H groups in total. The molecule has 0 fully saturated rings. The number of benzene rings is 2. The van der Waals surface area contributed by atoms with Gasteiger partial charge in [0.05, 0.1) is 0 Å². The molecule has 0 spiro atoms. The van der Waals surface area contributed by atoms with Gasteiger partial charge in [-0.1, -0.05) is 79.0 Å². The molecule has 0 saturated heterocycles. The molecule has 0 amide bonds. The molecule has 4 heteroatoms. The Morgan fingerprint density at radius 2 is 1.18 bits per heavy atom. The lowest BCUT2D eigenvalue weighted by molar-refractivity contribution is -0.129. The van der Waals surface area contributed by atoms with Gasteiger partial charge in [0.15, 0.2) is 0 Å². The molecule has 4 nitrogen and oxygen atoms in total. The molecule has 0 aliphatic rings. The van der Waals surface area contributed by atoms with Gasteiger partial charge in [0.2, 0.25) is 0 Å². The Balaban J connectivity index is 2.57. The fraction of sp³-hybridized carbons (Fsp3) is 0.379. The molecular weight excluding hydrogens is 412 g/mol. The molecule has 33 heavy (non-hydrogen) atoms. The van der Waals surface area contributed by atoms with Crippen molar-refractivity contribution in [3.63, 3.8) is 0 Å². The van der Waals surface area contributed by atoms with Crippen LogP contribution in [0.25, 0.3) is 0 Å². The van der Waals surface area contributed by atoms with Crippen molar-refractivity contribution in [2.45, 2.75) is 71.6 Å². The Morgan fingerprint density at radius 3 is 1.48 bits per heavy atom. The molecule has 0 heterocycles. The van der Waals surface area contributed by atoms with Crippen molar-refractivity contribution in [3.05, 3.63) is 84.0 Å². The number of rotatable bonds is 10. The van der Waals surface area contributed by atoms with Gasteiger partial charge in [-0.25, -0.2) is 9.59 Å². The third kappa shape index (κ3) is 6.01. The van der Waals surface area contributed by atoms with E-state index in [1.165, 1.54) is 12.2 Å². The fourth-order valence-corrected chi connectivity index (χ4v) is 3.74. The van der Waals surface area contributed by atoms with Crippen LogP contribution < -0.4 is 9.47 Å². The van der Waals surface area contributed by atoms with Crippen molar-refractivity contribution < 1.29 is 19.1 Å². The molecule has 2 aromatic carbocycles. The summed E-state index contributed by atoms with van der Waals surface area (Å²) in [6.07, 6.45) is 4.19. The third-order valence-corrected chi connectivity index (χ3v) is 6.50. The molecular formula is C29H36O4. The largest absolute Gasteiger partial charge is 0.423 e. The van der Waals surface area contributed by atoms with Crippen molar-refractivity contribution in [3.8, 4) is 11.5 Å². The van der Waals surface area contributed by atoms with Gasteiger partial charge >= 0.3 is 11.9 Å². The maximum absolute atomic E-state index is 11.8. The second-order valence-electron chi connectivity index (χ2n) is 9.00. The van der Waals surface area contributed by atoms with E-state index < -0.39 is 11.9 Å². The molecule has 2 rings (SSSR count). The first-order chi connectivity index (χ1) is 15.6. The zero-order valence-corrected chi connectivity index (χ0v) is 20.7. The average Bonchev–Trinajstić information content (AvgIpc) is 2.82. The van der Waals surface area contributed by atoms with Crippen LogP contribution in [0.5, 0.6) is 11.5 Å². The van der Waals surface area contributed by atoms with Crippen LogP contribution in [0, 0.1) is 0 Å². The predicted octanol–water partition coefficient (Wildman–Crippen LogP) is 7.22. The standard InChI is InChI=1S/C29H36O4/c1-9-19(5)23-17-21(13-15-25(23)32-27(30)11-3)29(7,8)22-14-16-26(33-28(31)12-4)24(18-22)20(6)10-2/h11-20H,3-4,9-10H2,1-2,5-8H3. The zero-order valence-electron chi connectivity index (χ0n) is 20.7. The Hall–Kier alpha value is -3.14. The van der Waals surface area contributed by atoms with Gasteiger partial charge in [-0.05, 0) is 59.1 Å². The number of hydrogen-bond donors (Lipinski definition) is 0. The Labute approximate surface area is 198 Å². The van der Waals surface area contributed by atoms with Crippen LogP contribution in [-0.2, 0) is 15.0 Å². The highest BCUT2D eigenvalue weighted by Gasteiger charge is 2.27. The Morgan fingerprint density at radius 1 is 0.818 bits per heavy atom. The summed E-state index contributed by atoms with van der Waals surface area (Å²) in [6, 6.07) is 12.0. The smallest absolute Gasteiger partial charge is 0.335 e. The van der Waals surface area contributed by atoms with Gasteiger partial charge in [-0.15, -0.1) is 0 Å². The second kappa shape index (κ2) is 11.1. The van der Waals surface area contributed by atoms with E-state index in [0.717, 1.165) is 35.1 Å². The van der Waals surface area contributed by atoms with Gasteiger partial charge in [0, 0.05) is 17.6 Å². The first kappa shape index (κ1) is 26.1. The van der Waals surface area contributed by atoms with Crippen LogP contribution in [0.1, 0.15) is 88.5 Å². The van der Waals surface area contributed by atoms with E-state index in [2.05, 4.69) is 66.8 Å². The lowest BCUT2D eigenvalue weighted by Gasteiger charge is -2.29. The first-order valence-electron chi connectivity index (χ1n) is 11.6. The van der Waals surface area contributed by atoms with Crippen LogP contribution in [0.15, 0.2) is 61.7 Å². The highest BCUT2D eigenvalue weighted by atomic mass is 16.5. The lowest BCUT2D eigenvalue weighted by Crippen LogP contribution is -2.20. The van der Waals surface area contributed by atoms with E-state index in [0.29, 0.717) is 11.5 Å². The SMILES string of the molecule is C=CC(=O)Oc1ccc(C(C)(C)c2ccc(OC(=O)C=C)c(C(C)CC)c2)cc1C(C)CC. The minimum absolute atomic E-state index is 0.227. The van der Waals surface area contributed by atoms with E-state index in [1.807, 2.05) is 24.3 Å². The van der Waals surface area contributed by atoms with Crippen molar-refractivity contribution in [2.24, 2.45) is 0 Å². The molecule has 0 aliphatic carbocycles. The number of hydrogen-bond acceptors (Lipinski definition) is 4. The summed E-state index contributed by atoms with van der Waals surface area (Å²) >= 11 is 0. The summed E-state index contributed by atoms with van der Waals surface area (Å²) in [5.41, 5.74) is 3.89. The summed E-state index contributed by atoms with van der Waals surface area (Å²) in [5.74, 6) is 0.667. The van der Waals surface area contributed by atoms with Crippen LogP contribution in [-0.4, -0.2) is 11.9 Å². The summed E-state index contributed by atoms with van der Waals surface area (Å²) in [4.78, 5) is 23.7. The van der Waals surface area contributed by atoms with Gasteiger partial charge in [-0.2, -0.15) is 0 Å². The molecule has 2 unspecified atom stereocenters. The van der Waals surface area contributed by atoms with E-state index in [-0.39, 0.29) is 17.3 Å². The van der Waals surface area contributed by atoms with Crippen molar-refractivity contribution in [1.82, 2.24) is 0 Å². The Kier molecular flexibility index (Phi) is 8.81. The van der Waals surface area contributed by atoms with Crippen molar-refractivity contribution >= 4 is 11.9 Å². The molecule has 0 radical (unpaired) electrons. The van der Waals surface area contributed by atoms with E-state index in [4.69, 9.17) is 9.47 Å². The molecule has 0 saturated carbocycles. The van der Waals surface area contributed by atoms with Gasteiger partial charge in [-0.3, -0.25) is 0 Å². The third-order valence-electron chi connectivity index (χ3n) is 6.50. The van der Waals surface area contributed by atoms with Gasteiger partial charge in [0.1, 0.15) is 11.5 Å². The van der Waals surface area contributed by atoms with E-state index in [1.54, 1.807) is 0 Å². The zero-order chi connectivity index (χ0) is 24.8. The second-order valence-corrected chi connectivity index (χ2v) is 9.00. The highest BCUT2D eigenvalue weighted by Crippen LogP contribution is 2.40. The van der Waals surface area contributed by atoms with Crippen molar-refractivity contribution in [2.75, 3.05) is 0 Å². The summed E-state index contributed by atoms with van der Waals surface area (Å²) < 4.78 is 11.0. The maximum Gasteiger partial charge on any atom is 0.335 e. The van der Waals surface area contributed by atoms with Gasteiger partial charge < -0.3 is 9.47 Å². The quantitative estimate of drug-likeness (QED) is 0.219. The number of ether oxygens (including phenoxy) is 2. The highest BCUT2D eigenvalue weighted by molar-refractivity contribution is 5.84. The van der Waals surface area contributed by atoms with Crippen LogP contribution in [0.3, 0.4) is 0 Å². The number of esters is 2. The number of carbonyl (C=O) groups is 2. The minimum Gasteiger partial charge on any atom is -0.423 e. The number of carbonyl (C=O) groups excluding carboxylic acids is 2. The first-order valence-corrected chi connectivity index (χ1v) is 11.6. The average molecular weight is 449 g/mol. The summed E-state index contributed by atoms with van der Waals surface area (Å²) in [5, 5.41) is 0. The molecule has 176 valence electrons. The maximum atomic E-state index is 11.8. The molecule has 0 aromatic heterocycles. The Bertz CT molecular complexity index is 950. The molecule has 0 bridgehead atoms. The summed E-state index contributed by atoms with van der Waals surface area (Å²) in [6.45, 7) is 19.8. The minimum atomic E-state index is -0.464. The lowest BCUT2D eigenvalue weighted by atomic mass is 9.75. The normalized spacial score (nSPS) is 13.0. The van der Waals surface area contributed by atoms with Gasteiger partial charge in [0.25, 0.3) is 0 Å². The van der Waals surface area contributed by atoms with E-state index in [9.17, 15) is 9.59 Å². The van der Waals surface area contributed by atoms with Crippen molar-refractivity contribution in [1.29, 1.82) is 0 Å². The monoisotopic (exact) mass is 448 g/mol. The fourth-order valence-electron chi connectivity index (χ4n) is 3.74. The predicted molar refractivity (Wildman–Crippen MR) is 134 cm³/mol. The molecule has 2 atom stereocenters. The summed E-state index contributed by atoms with van der Waals surface area (Å²) in [7, 11) is 0. The van der Waals surface area contributed by atoms with Crippen LogP contribution in [0.2, 0.25) is 0 Å². The van der Waals surface area contributed by atoms with Crippen LogP contribution >= 0.6 is 0 Å². The van der Waals surface area contributed by atoms with E-state index >= 15 is 0 Å². The molecule has 0 aliphatic heterocycles.